The van der Waals surface area contributed by atoms with Crippen molar-refractivity contribution in [2.75, 3.05) is 19.6 Å². The SMILES string of the molecule is CC(C)(CNCc1ccc(Br)s1)C1CCCNC1. The van der Waals surface area contributed by atoms with Crippen molar-refractivity contribution in [1.82, 2.24) is 10.6 Å². The summed E-state index contributed by atoms with van der Waals surface area (Å²) in [5, 5.41) is 7.13. The molecule has 18 heavy (non-hydrogen) atoms. The lowest BCUT2D eigenvalue weighted by molar-refractivity contribution is 0.166. The molecule has 0 spiro atoms. The molecule has 0 amide bonds. The number of hydrogen-bond donors (Lipinski definition) is 2. The third kappa shape index (κ3) is 4.05. The van der Waals surface area contributed by atoms with Crippen molar-refractivity contribution in [3.63, 3.8) is 0 Å². The van der Waals surface area contributed by atoms with Gasteiger partial charge >= 0.3 is 0 Å². The van der Waals surface area contributed by atoms with Crippen LogP contribution in [0.3, 0.4) is 0 Å². The van der Waals surface area contributed by atoms with Crippen LogP contribution in [0.25, 0.3) is 0 Å². The minimum Gasteiger partial charge on any atom is -0.316 e. The number of halogens is 1. The molecule has 1 aromatic heterocycles. The second-order valence-electron chi connectivity index (χ2n) is 5.84. The van der Waals surface area contributed by atoms with E-state index < -0.39 is 0 Å². The fourth-order valence-electron chi connectivity index (χ4n) is 2.62. The van der Waals surface area contributed by atoms with Crippen LogP contribution in [0.1, 0.15) is 31.6 Å². The maximum atomic E-state index is 3.61. The Morgan fingerprint density at radius 1 is 1.50 bits per heavy atom. The Morgan fingerprint density at radius 3 is 2.94 bits per heavy atom. The van der Waals surface area contributed by atoms with E-state index in [0.29, 0.717) is 5.41 Å². The molecule has 0 bridgehead atoms. The van der Waals surface area contributed by atoms with Gasteiger partial charge < -0.3 is 10.6 Å². The lowest BCUT2D eigenvalue weighted by Gasteiger charge is -2.37. The van der Waals surface area contributed by atoms with Gasteiger partial charge in [-0.15, -0.1) is 11.3 Å². The highest BCUT2D eigenvalue weighted by molar-refractivity contribution is 9.11. The lowest BCUT2D eigenvalue weighted by atomic mass is 9.75. The van der Waals surface area contributed by atoms with E-state index in [1.807, 2.05) is 11.3 Å². The minimum atomic E-state index is 0.377. The monoisotopic (exact) mass is 330 g/mol. The van der Waals surface area contributed by atoms with Crippen LogP contribution in [0.15, 0.2) is 15.9 Å². The molecule has 102 valence electrons. The Bertz CT molecular complexity index is 370. The van der Waals surface area contributed by atoms with Crippen LogP contribution >= 0.6 is 27.3 Å². The van der Waals surface area contributed by atoms with E-state index in [2.05, 4.69) is 52.5 Å². The summed E-state index contributed by atoms with van der Waals surface area (Å²) in [6.45, 7) is 9.24. The molecule has 1 saturated heterocycles. The largest absolute Gasteiger partial charge is 0.316 e. The summed E-state index contributed by atoms with van der Waals surface area (Å²) < 4.78 is 1.22. The molecule has 2 nitrogen and oxygen atoms in total. The predicted molar refractivity (Wildman–Crippen MR) is 83.1 cm³/mol. The van der Waals surface area contributed by atoms with Crippen molar-refractivity contribution < 1.29 is 0 Å². The fourth-order valence-corrected chi connectivity index (χ4v) is 4.07. The number of piperidine rings is 1. The average Bonchev–Trinajstić information content (AvgIpc) is 2.76. The third-order valence-electron chi connectivity index (χ3n) is 3.91. The molecule has 0 saturated carbocycles. The number of hydrogen-bond acceptors (Lipinski definition) is 3. The average molecular weight is 331 g/mol. The van der Waals surface area contributed by atoms with Crippen LogP contribution in [0.2, 0.25) is 0 Å². The molecule has 0 radical (unpaired) electrons. The van der Waals surface area contributed by atoms with Gasteiger partial charge in [-0.25, -0.2) is 0 Å². The van der Waals surface area contributed by atoms with Gasteiger partial charge in [0.2, 0.25) is 0 Å². The van der Waals surface area contributed by atoms with E-state index in [-0.39, 0.29) is 0 Å². The van der Waals surface area contributed by atoms with Gasteiger partial charge in [0.25, 0.3) is 0 Å². The molecule has 1 atom stereocenters. The quantitative estimate of drug-likeness (QED) is 0.861. The first-order valence-corrected chi connectivity index (χ1v) is 8.34. The molecule has 1 unspecified atom stereocenters. The Hall–Kier alpha value is 0.1000. The van der Waals surface area contributed by atoms with Gasteiger partial charge in [0.1, 0.15) is 0 Å². The molecular weight excluding hydrogens is 308 g/mol. The minimum absolute atomic E-state index is 0.377. The van der Waals surface area contributed by atoms with E-state index in [0.717, 1.165) is 19.0 Å². The van der Waals surface area contributed by atoms with Gasteiger partial charge in [-0.2, -0.15) is 0 Å². The Kier molecular flexibility index (Phi) is 5.24. The molecule has 2 N–H and O–H groups in total. The van der Waals surface area contributed by atoms with Crippen molar-refractivity contribution >= 4 is 27.3 Å². The first-order valence-electron chi connectivity index (χ1n) is 6.73. The summed E-state index contributed by atoms with van der Waals surface area (Å²) in [5.74, 6) is 0.800. The third-order valence-corrected chi connectivity index (χ3v) is 5.53. The van der Waals surface area contributed by atoms with Gasteiger partial charge in [-0.1, -0.05) is 13.8 Å². The topological polar surface area (TPSA) is 24.1 Å². The molecule has 2 heterocycles. The number of thiophene rings is 1. The van der Waals surface area contributed by atoms with E-state index >= 15 is 0 Å². The van der Waals surface area contributed by atoms with Crippen LogP contribution in [0.5, 0.6) is 0 Å². The molecule has 2 rings (SSSR count). The summed E-state index contributed by atoms with van der Waals surface area (Å²) in [4.78, 5) is 1.40. The maximum absolute atomic E-state index is 3.61. The molecule has 1 fully saturated rings. The first kappa shape index (κ1) is 14.5. The Balaban J connectivity index is 1.77. The van der Waals surface area contributed by atoms with Crippen LogP contribution in [0, 0.1) is 11.3 Å². The van der Waals surface area contributed by atoms with Crippen molar-refractivity contribution in [1.29, 1.82) is 0 Å². The van der Waals surface area contributed by atoms with Gasteiger partial charge in [-0.05, 0) is 65.3 Å². The second-order valence-corrected chi connectivity index (χ2v) is 8.39. The lowest BCUT2D eigenvalue weighted by Crippen LogP contribution is -2.43. The molecule has 0 aliphatic carbocycles. The highest BCUT2D eigenvalue weighted by Crippen LogP contribution is 2.31. The van der Waals surface area contributed by atoms with Crippen molar-refractivity contribution in [3.05, 3.63) is 20.8 Å². The highest BCUT2D eigenvalue weighted by Gasteiger charge is 2.30. The van der Waals surface area contributed by atoms with Crippen molar-refractivity contribution in [2.45, 2.75) is 33.2 Å². The van der Waals surface area contributed by atoms with Gasteiger partial charge in [0.05, 0.1) is 3.79 Å². The number of nitrogens with one attached hydrogen (secondary N) is 2. The predicted octanol–water partition coefficient (Wildman–Crippen LogP) is 3.63. The zero-order valence-corrected chi connectivity index (χ0v) is 13.7. The van der Waals surface area contributed by atoms with E-state index in [1.54, 1.807) is 0 Å². The van der Waals surface area contributed by atoms with Crippen LogP contribution < -0.4 is 10.6 Å². The molecule has 4 heteroatoms. The summed E-state index contributed by atoms with van der Waals surface area (Å²) >= 11 is 5.32. The van der Waals surface area contributed by atoms with E-state index in [4.69, 9.17) is 0 Å². The zero-order chi connectivity index (χ0) is 13.0. The summed E-state index contributed by atoms with van der Waals surface area (Å²) in [7, 11) is 0. The van der Waals surface area contributed by atoms with E-state index in [9.17, 15) is 0 Å². The van der Waals surface area contributed by atoms with Crippen molar-refractivity contribution in [3.8, 4) is 0 Å². The molecule has 1 aliphatic rings. The summed E-state index contributed by atoms with van der Waals surface area (Å²) in [6, 6.07) is 4.31. The molecule has 1 aliphatic heterocycles. The van der Waals surface area contributed by atoms with Gasteiger partial charge in [0.15, 0.2) is 0 Å². The molecule has 1 aromatic rings. The molecule has 0 aromatic carbocycles. The van der Waals surface area contributed by atoms with Crippen molar-refractivity contribution in [2.24, 2.45) is 11.3 Å². The van der Waals surface area contributed by atoms with E-state index in [1.165, 1.54) is 34.6 Å². The second kappa shape index (κ2) is 6.51. The normalized spacial score (nSPS) is 21.2. The smallest absolute Gasteiger partial charge is 0.0701 e. The van der Waals surface area contributed by atoms with Crippen LogP contribution in [-0.2, 0) is 6.54 Å². The number of rotatable bonds is 5. The Morgan fingerprint density at radius 2 is 2.33 bits per heavy atom. The summed E-state index contributed by atoms with van der Waals surface area (Å²) in [6.07, 6.45) is 2.69. The standard InChI is InChI=1S/C14H23BrN2S/c1-14(2,11-4-3-7-16-8-11)10-17-9-12-5-6-13(15)18-12/h5-6,11,16-17H,3-4,7-10H2,1-2H3. The highest BCUT2D eigenvalue weighted by atomic mass is 79.9. The molecular formula is C14H23BrN2S. The Labute approximate surface area is 123 Å². The van der Waals surface area contributed by atoms with Crippen LogP contribution in [-0.4, -0.2) is 19.6 Å². The van der Waals surface area contributed by atoms with Crippen LogP contribution in [0.4, 0.5) is 0 Å². The summed E-state index contributed by atoms with van der Waals surface area (Å²) in [5.41, 5.74) is 0.377. The van der Waals surface area contributed by atoms with Gasteiger partial charge in [0, 0.05) is 18.0 Å². The maximum Gasteiger partial charge on any atom is 0.0701 e. The fraction of sp³-hybridized carbons (Fsp3) is 0.714. The van der Waals surface area contributed by atoms with Gasteiger partial charge in [-0.3, -0.25) is 0 Å². The first-order chi connectivity index (χ1) is 8.58. The zero-order valence-electron chi connectivity index (χ0n) is 11.3.